The summed E-state index contributed by atoms with van der Waals surface area (Å²) in [5, 5.41) is 4.70. The van der Waals surface area contributed by atoms with Gasteiger partial charge in [-0.2, -0.15) is 18.3 Å². The van der Waals surface area contributed by atoms with Crippen LogP contribution in [0.25, 0.3) is 22.4 Å². The quantitative estimate of drug-likeness (QED) is 0.253. The molecule has 5 aromatic rings. The first-order valence-corrected chi connectivity index (χ1v) is 14.5. The van der Waals surface area contributed by atoms with Gasteiger partial charge in [0, 0.05) is 34.3 Å². The fraction of sp³-hybridized carbons (Fsp3) is 0.333. The largest absolute Gasteiger partial charge is 0.417 e. The minimum Gasteiger partial charge on any atom is -0.334 e. The van der Waals surface area contributed by atoms with Crippen molar-refractivity contribution in [3.8, 4) is 5.69 Å². The second-order valence-corrected chi connectivity index (χ2v) is 12.2. The summed E-state index contributed by atoms with van der Waals surface area (Å²) in [5.41, 5.74) is 3.91. The zero-order chi connectivity index (χ0) is 29.5. The smallest absolute Gasteiger partial charge is 0.334 e. The van der Waals surface area contributed by atoms with Crippen LogP contribution in [0.4, 0.5) is 13.2 Å². The van der Waals surface area contributed by atoms with Crippen LogP contribution in [0.15, 0.2) is 58.2 Å². The minimum atomic E-state index is -4.61. The summed E-state index contributed by atoms with van der Waals surface area (Å²) in [6, 6.07) is 8.80. The number of fused-ring (bicyclic) bond motifs is 4. The van der Waals surface area contributed by atoms with Crippen molar-refractivity contribution in [3.05, 3.63) is 91.7 Å². The summed E-state index contributed by atoms with van der Waals surface area (Å²) in [7, 11) is 1.91. The van der Waals surface area contributed by atoms with Crippen molar-refractivity contribution in [2.45, 2.75) is 51.4 Å². The van der Waals surface area contributed by atoms with Gasteiger partial charge in [-0.05, 0) is 74.9 Å². The van der Waals surface area contributed by atoms with Gasteiger partial charge in [0.2, 0.25) is 0 Å². The van der Waals surface area contributed by atoms with Crippen LogP contribution in [0, 0.1) is 5.92 Å². The predicted molar refractivity (Wildman–Crippen MR) is 154 cm³/mol. The first-order chi connectivity index (χ1) is 20.0. The van der Waals surface area contributed by atoms with E-state index in [9.17, 15) is 22.8 Å². The highest BCUT2D eigenvalue weighted by molar-refractivity contribution is 9.10. The van der Waals surface area contributed by atoms with Crippen LogP contribution in [0.2, 0.25) is 0 Å². The maximum Gasteiger partial charge on any atom is 0.417 e. The number of hydrogen-bond donors (Lipinski definition) is 0. The number of aryl methyl sites for hydroxylation is 1. The Morgan fingerprint density at radius 1 is 1.14 bits per heavy atom. The molecule has 1 amide bonds. The van der Waals surface area contributed by atoms with E-state index in [1.54, 1.807) is 28.5 Å². The van der Waals surface area contributed by atoms with Crippen LogP contribution < -0.4 is 5.56 Å². The van der Waals surface area contributed by atoms with Gasteiger partial charge >= 0.3 is 6.18 Å². The van der Waals surface area contributed by atoms with Crippen LogP contribution in [-0.2, 0) is 32.6 Å². The van der Waals surface area contributed by atoms with E-state index < -0.39 is 23.7 Å². The van der Waals surface area contributed by atoms with Crippen LogP contribution in [0.1, 0.15) is 52.5 Å². The molecule has 1 aliphatic carbocycles. The molecule has 12 heteroatoms. The van der Waals surface area contributed by atoms with E-state index in [2.05, 4.69) is 20.9 Å². The molecule has 0 spiro atoms. The lowest BCUT2D eigenvalue weighted by atomic mass is 9.97. The Labute approximate surface area is 246 Å². The highest BCUT2D eigenvalue weighted by atomic mass is 79.9. The summed E-state index contributed by atoms with van der Waals surface area (Å²) in [5.74, 6) is 0.00336. The van der Waals surface area contributed by atoms with Gasteiger partial charge < -0.3 is 9.47 Å². The van der Waals surface area contributed by atoms with Gasteiger partial charge in [-0.1, -0.05) is 15.9 Å². The Bertz CT molecular complexity index is 1970. The summed E-state index contributed by atoms with van der Waals surface area (Å²) >= 11 is 2.95. The van der Waals surface area contributed by atoms with Gasteiger partial charge in [0.1, 0.15) is 5.65 Å². The maximum atomic E-state index is 14.3. The minimum absolute atomic E-state index is 0.0448. The van der Waals surface area contributed by atoms with Crippen LogP contribution in [0.5, 0.6) is 0 Å². The van der Waals surface area contributed by atoms with E-state index in [0.717, 1.165) is 41.9 Å². The number of alkyl halides is 3. The lowest BCUT2D eigenvalue weighted by Crippen LogP contribution is -2.46. The Morgan fingerprint density at radius 3 is 2.67 bits per heavy atom. The number of nitrogens with zero attached hydrogens (tertiary/aromatic N) is 6. The molecule has 216 valence electrons. The normalized spacial score (nSPS) is 17.3. The monoisotopic (exact) mass is 638 g/mol. The van der Waals surface area contributed by atoms with E-state index in [-0.39, 0.29) is 28.6 Å². The van der Waals surface area contributed by atoms with E-state index in [4.69, 9.17) is 5.10 Å². The zero-order valence-electron chi connectivity index (χ0n) is 22.8. The van der Waals surface area contributed by atoms with Gasteiger partial charge in [0.15, 0.2) is 0 Å². The second-order valence-electron chi connectivity index (χ2n) is 11.3. The molecule has 2 aromatic carbocycles. The van der Waals surface area contributed by atoms with Crippen molar-refractivity contribution in [1.82, 2.24) is 28.6 Å². The van der Waals surface area contributed by atoms with Gasteiger partial charge in [-0.15, -0.1) is 0 Å². The second kappa shape index (κ2) is 9.55. The molecule has 1 fully saturated rings. The predicted octanol–water partition coefficient (Wildman–Crippen LogP) is 5.69. The Kier molecular flexibility index (Phi) is 6.12. The summed E-state index contributed by atoms with van der Waals surface area (Å²) in [6.07, 6.45) is 2.18. The van der Waals surface area contributed by atoms with Gasteiger partial charge in [0.05, 0.1) is 47.0 Å². The number of carbonyl (C=O) groups is 1. The van der Waals surface area contributed by atoms with E-state index in [0.29, 0.717) is 28.5 Å². The van der Waals surface area contributed by atoms with Gasteiger partial charge in [-0.25, -0.2) is 9.50 Å². The molecule has 7 rings (SSSR count). The maximum absolute atomic E-state index is 14.3. The molecule has 8 nitrogen and oxygen atoms in total. The lowest BCUT2D eigenvalue weighted by molar-refractivity contribution is -0.138. The third-order valence-corrected chi connectivity index (χ3v) is 9.09. The van der Waals surface area contributed by atoms with Gasteiger partial charge in [0.25, 0.3) is 11.5 Å². The summed E-state index contributed by atoms with van der Waals surface area (Å²) < 4.78 is 46.0. The van der Waals surface area contributed by atoms with Crippen molar-refractivity contribution in [2.75, 3.05) is 0 Å². The first kappa shape index (κ1) is 26.9. The summed E-state index contributed by atoms with van der Waals surface area (Å²) in [4.78, 5) is 33.9. The molecule has 0 N–H and O–H groups in total. The highest BCUT2D eigenvalue weighted by Crippen LogP contribution is 2.37. The first-order valence-electron chi connectivity index (χ1n) is 13.7. The zero-order valence-corrected chi connectivity index (χ0v) is 24.4. The van der Waals surface area contributed by atoms with E-state index >= 15 is 0 Å². The highest BCUT2D eigenvalue weighted by Gasteiger charge is 2.37. The lowest BCUT2D eigenvalue weighted by Gasteiger charge is -2.35. The molecule has 1 saturated carbocycles. The molecule has 0 saturated heterocycles. The molecule has 0 unspecified atom stereocenters. The van der Waals surface area contributed by atoms with Gasteiger partial charge in [-0.3, -0.25) is 14.2 Å². The molecule has 4 heterocycles. The van der Waals surface area contributed by atoms with Crippen LogP contribution in [-0.4, -0.2) is 40.6 Å². The molecule has 0 bridgehead atoms. The average Bonchev–Trinajstić information content (AvgIpc) is 3.57. The number of carbonyl (C=O) groups excluding carboxylic acids is 1. The van der Waals surface area contributed by atoms with E-state index in [1.165, 1.54) is 17.0 Å². The van der Waals surface area contributed by atoms with Crippen molar-refractivity contribution < 1.29 is 18.0 Å². The topological polar surface area (TPSA) is 77.4 Å². The number of aromatic nitrogens is 5. The standard InChI is InChI=1S/C30H26BrF3N6O2/c1-16-9-21-26(14-38(16)28(41)18-5-7-23(31)22(11-18)30(32,33)34)40-27(19(13-36-40)10-17-3-4-17)39(29(21)42)20-6-8-25-24(12-20)35-15-37(25)2/h5-8,11-13,15-17H,3-4,9-10,14H2,1-2H3/t16-/m1/s1. The third kappa shape index (κ3) is 4.34. The number of hydrogen-bond acceptors (Lipinski definition) is 4. The Balaban J connectivity index is 1.36. The van der Waals surface area contributed by atoms with E-state index in [1.807, 2.05) is 29.8 Å². The fourth-order valence-electron chi connectivity index (χ4n) is 5.98. The number of amides is 1. The SMILES string of the molecule is C[C@@H]1Cc2c(n3ncc(CC4CC4)c3n(-c3ccc4c(c3)ncn4C)c2=O)CN1C(=O)c1ccc(Br)c(C(F)(F)F)c1. The van der Waals surface area contributed by atoms with Crippen molar-refractivity contribution in [3.63, 3.8) is 0 Å². The molecule has 42 heavy (non-hydrogen) atoms. The Morgan fingerprint density at radius 2 is 1.93 bits per heavy atom. The molecular weight excluding hydrogens is 613 g/mol. The average molecular weight is 639 g/mol. The molecule has 1 aliphatic heterocycles. The molecule has 0 radical (unpaired) electrons. The fourth-order valence-corrected chi connectivity index (χ4v) is 6.45. The van der Waals surface area contributed by atoms with Crippen LogP contribution in [0.3, 0.4) is 0 Å². The van der Waals surface area contributed by atoms with Crippen LogP contribution >= 0.6 is 15.9 Å². The number of imidazole rings is 1. The molecular formula is C30H26BrF3N6O2. The number of rotatable bonds is 4. The molecule has 1 atom stereocenters. The molecule has 2 aliphatic rings. The molecule has 3 aromatic heterocycles. The summed E-state index contributed by atoms with van der Waals surface area (Å²) in [6.45, 7) is 1.85. The van der Waals surface area contributed by atoms with Crippen molar-refractivity contribution >= 4 is 38.5 Å². The number of halogens is 4. The number of benzene rings is 2. The third-order valence-electron chi connectivity index (χ3n) is 8.40. The Hall–Kier alpha value is -3.93. The van der Waals surface area contributed by atoms with Crippen molar-refractivity contribution in [2.24, 2.45) is 13.0 Å². The van der Waals surface area contributed by atoms with Crippen molar-refractivity contribution in [1.29, 1.82) is 0 Å².